The Bertz CT molecular complexity index is 449. The van der Waals surface area contributed by atoms with Crippen LogP contribution in [0.4, 0.5) is 0 Å². The number of carbonyl (C=O) groups excluding carboxylic acids is 1. The summed E-state index contributed by atoms with van der Waals surface area (Å²) in [4.78, 5) is 21.8. The number of hydrogen-bond acceptors (Lipinski definition) is 3. The van der Waals surface area contributed by atoms with E-state index in [1.807, 2.05) is 32.0 Å². The molecular formula is C15H23ClN2O3. The van der Waals surface area contributed by atoms with Crippen molar-refractivity contribution in [2.24, 2.45) is 0 Å². The van der Waals surface area contributed by atoms with Gasteiger partial charge in [-0.15, -0.1) is 12.4 Å². The minimum atomic E-state index is -1.04. The highest BCUT2D eigenvalue weighted by Crippen LogP contribution is 2.13. The zero-order valence-corrected chi connectivity index (χ0v) is 13.2. The van der Waals surface area contributed by atoms with Crippen LogP contribution in [0.3, 0.4) is 0 Å². The van der Waals surface area contributed by atoms with E-state index < -0.39 is 5.97 Å². The standard InChI is InChI=1S/C15H22N2O3.ClH/c1-15(2,9-8-12-6-4-3-5-7-12)17-10-13(18)16-11-14(19)20;/h3-7,17H,8-11H2,1-2H3,(H,16,18)(H,19,20);1H. The zero-order valence-electron chi connectivity index (χ0n) is 12.4. The van der Waals surface area contributed by atoms with Crippen LogP contribution in [0.1, 0.15) is 25.8 Å². The van der Waals surface area contributed by atoms with Crippen LogP contribution in [0.2, 0.25) is 0 Å². The number of halogens is 1. The summed E-state index contributed by atoms with van der Waals surface area (Å²) >= 11 is 0. The number of carboxylic acids is 1. The summed E-state index contributed by atoms with van der Waals surface area (Å²) in [5, 5.41) is 13.9. The number of carbonyl (C=O) groups is 2. The second-order valence-electron chi connectivity index (χ2n) is 5.39. The average molecular weight is 315 g/mol. The summed E-state index contributed by atoms with van der Waals surface area (Å²) in [7, 11) is 0. The quantitative estimate of drug-likeness (QED) is 0.681. The summed E-state index contributed by atoms with van der Waals surface area (Å²) in [6, 6.07) is 10.2. The van der Waals surface area contributed by atoms with Gasteiger partial charge in [0, 0.05) is 5.54 Å². The van der Waals surface area contributed by atoms with E-state index in [2.05, 4.69) is 22.8 Å². The van der Waals surface area contributed by atoms with Gasteiger partial charge in [-0.25, -0.2) is 0 Å². The molecule has 0 bridgehead atoms. The Morgan fingerprint density at radius 1 is 1.14 bits per heavy atom. The topological polar surface area (TPSA) is 78.4 Å². The molecule has 0 saturated heterocycles. The lowest BCUT2D eigenvalue weighted by atomic mass is 9.95. The summed E-state index contributed by atoms with van der Waals surface area (Å²) in [6.07, 6.45) is 1.82. The molecule has 0 aliphatic heterocycles. The zero-order chi connectivity index (χ0) is 15.0. The molecule has 1 amide bonds. The predicted molar refractivity (Wildman–Crippen MR) is 84.7 cm³/mol. The number of rotatable bonds is 8. The number of hydrogen-bond donors (Lipinski definition) is 3. The number of carboxylic acid groups (broad SMARTS) is 1. The van der Waals surface area contributed by atoms with Crippen LogP contribution in [-0.4, -0.2) is 35.6 Å². The fourth-order valence-electron chi connectivity index (χ4n) is 1.75. The Balaban J connectivity index is 0.00000400. The number of nitrogens with one attached hydrogen (secondary N) is 2. The van der Waals surface area contributed by atoms with Gasteiger partial charge in [-0.05, 0) is 32.3 Å². The fourth-order valence-corrected chi connectivity index (χ4v) is 1.75. The second kappa shape index (κ2) is 9.37. The highest BCUT2D eigenvalue weighted by atomic mass is 35.5. The molecule has 1 aromatic carbocycles. The van der Waals surface area contributed by atoms with Crippen molar-refractivity contribution in [1.29, 1.82) is 0 Å². The Hall–Kier alpha value is -1.59. The van der Waals surface area contributed by atoms with Crippen LogP contribution in [-0.2, 0) is 16.0 Å². The largest absolute Gasteiger partial charge is 0.480 e. The number of aryl methyl sites for hydroxylation is 1. The summed E-state index contributed by atoms with van der Waals surface area (Å²) < 4.78 is 0. The SMILES string of the molecule is CC(C)(CCc1ccccc1)NCC(=O)NCC(=O)O.Cl. The van der Waals surface area contributed by atoms with Crippen molar-refractivity contribution in [2.45, 2.75) is 32.2 Å². The van der Waals surface area contributed by atoms with Crippen LogP contribution in [0.25, 0.3) is 0 Å². The van der Waals surface area contributed by atoms with E-state index in [-0.39, 0.29) is 36.9 Å². The van der Waals surface area contributed by atoms with Gasteiger partial charge in [0.1, 0.15) is 6.54 Å². The molecule has 21 heavy (non-hydrogen) atoms. The predicted octanol–water partition coefficient (Wildman–Crippen LogP) is 1.61. The Kier molecular flexibility index (Phi) is 8.66. The highest BCUT2D eigenvalue weighted by Gasteiger charge is 2.18. The van der Waals surface area contributed by atoms with Gasteiger partial charge >= 0.3 is 5.97 Å². The number of amides is 1. The van der Waals surface area contributed by atoms with E-state index in [1.54, 1.807) is 0 Å². The van der Waals surface area contributed by atoms with Crippen molar-refractivity contribution in [3.05, 3.63) is 35.9 Å². The molecule has 0 aliphatic rings. The van der Waals surface area contributed by atoms with Gasteiger partial charge in [-0.2, -0.15) is 0 Å². The van der Waals surface area contributed by atoms with E-state index in [4.69, 9.17) is 5.11 Å². The van der Waals surface area contributed by atoms with Gasteiger partial charge in [-0.1, -0.05) is 30.3 Å². The maximum Gasteiger partial charge on any atom is 0.322 e. The number of aliphatic carboxylic acids is 1. The van der Waals surface area contributed by atoms with Crippen LogP contribution >= 0.6 is 12.4 Å². The molecule has 0 saturated carbocycles. The van der Waals surface area contributed by atoms with Gasteiger partial charge < -0.3 is 15.7 Å². The van der Waals surface area contributed by atoms with Crippen molar-refractivity contribution < 1.29 is 14.7 Å². The Morgan fingerprint density at radius 3 is 2.33 bits per heavy atom. The molecule has 0 atom stereocenters. The molecule has 1 aromatic rings. The Morgan fingerprint density at radius 2 is 1.76 bits per heavy atom. The van der Waals surface area contributed by atoms with E-state index in [0.29, 0.717) is 0 Å². The van der Waals surface area contributed by atoms with Crippen molar-refractivity contribution in [2.75, 3.05) is 13.1 Å². The lowest BCUT2D eigenvalue weighted by Gasteiger charge is -2.26. The van der Waals surface area contributed by atoms with Crippen molar-refractivity contribution >= 4 is 24.3 Å². The molecule has 0 fully saturated rings. The van der Waals surface area contributed by atoms with Gasteiger partial charge in [0.05, 0.1) is 6.54 Å². The summed E-state index contributed by atoms with van der Waals surface area (Å²) in [5.74, 6) is -1.35. The lowest BCUT2D eigenvalue weighted by molar-refractivity contribution is -0.137. The molecule has 5 nitrogen and oxygen atoms in total. The minimum Gasteiger partial charge on any atom is -0.480 e. The van der Waals surface area contributed by atoms with E-state index >= 15 is 0 Å². The van der Waals surface area contributed by atoms with Gasteiger partial charge in [-0.3, -0.25) is 9.59 Å². The normalized spacial score (nSPS) is 10.6. The molecule has 3 N–H and O–H groups in total. The summed E-state index contributed by atoms with van der Waals surface area (Å²) in [5.41, 5.74) is 1.08. The third-order valence-corrected chi connectivity index (χ3v) is 3.05. The molecule has 6 heteroatoms. The molecule has 0 unspecified atom stereocenters. The summed E-state index contributed by atoms with van der Waals surface area (Å²) in [6.45, 7) is 3.83. The second-order valence-corrected chi connectivity index (χ2v) is 5.39. The first-order valence-corrected chi connectivity index (χ1v) is 6.66. The highest BCUT2D eigenvalue weighted by molar-refractivity contribution is 5.85. The molecule has 0 radical (unpaired) electrons. The monoisotopic (exact) mass is 314 g/mol. The molecule has 0 heterocycles. The molecule has 0 aromatic heterocycles. The van der Waals surface area contributed by atoms with Crippen molar-refractivity contribution in [3.63, 3.8) is 0 Å². The fraction of sp³-hybridized carbons (Fsp3) is 0.467. The molecule has 0 aliphatic carbocycles. The maximum atomic E-state index is 11.4. The van der Waals surface area contributed by atoms with Crippen LogP contribution in [0, 0.1) is 0 Å². The average Bonchev–Trinajstić information content (AvgIpc) is 2.42. The third-order valence-electron chi connectivity index (χ3n) is 3.05. The maximum absolute atomic E-state index is 11.4. The first-order valence-electron chi connectivity index (χ1n) is 6.66. The smallest absolute Gasteiger partial charge is 0.322 e. The lowest BCUT2D eigenvalue weighted by Crippen LogP contribution is -2.46. The van der Waals surface area contributed by atoms with Crippen LogP contribution in [0.5, 0.6) is 0 Å². The van der Waals surface area contributed by atoms with Gasteiger partial charge in [0.25, 0.3) is 0 Å². The minimum absolute atomic E-state index is 0. The first-order chi connectivity index (χ1) is 9.39. The molecule has 1 rings (SSSR count). The van der Waals surface area contributed by atoms with Crippen LogP contribution in [0.15, 0.2) is 30.3 Å². The van der Waals surface area contributed by atoms with E-state index in [9.17, 15) is 9.59 Å². The first kappa shape index (κ1) is 19.4. The molecular weight excluding hydrogens is 292 g/mol. The number of benzene rings is 1. The van der Waals surface area contributed by atoms with Gasteiger partial charge in [0.15, 0.2) is 0 Å². The van der Waals surface area contributed by atoms with Crippen LogP contribution < -0.4 is 10.6 Å². The Labute approximate surface area is 131 Å². The molecule has 0 spiro atoms. The van der Waals surface area contributed by atoms with E-state index in [0.717, 1.165) is 12.8 Å². The van der Waals surface area contributed by atoms with Gasteiger partial charge in [0.2, 0.25) is 5.91 Å². The molecule has 118 valence electrons. The third kappa shape index (κ3) is 9.05. The van der Waals surface area contributed by atoms with Crippen molar-refractivity contribution in [3.8, 4) is 0 Å². The van der Waals surface area contributed by atoms with Crippen molar-refractivity contribution in [1.82, 2.24) is 10.6 Å². The van der Waals surface area contributed by atoms with E-state index in [1.165, 1.54) is 5.56 Å².